The lowest BCUT2D eigenvalue weighted by Gasteiger charge is -2.26. The van der Waals surface area contributed by atoms with Crippen molar-refractivity contribution < 1.29 is 13.6 Å². The summed E-state index contributed by atoms with van der Waals surface area (Å²) in [7, 11) is 1.60. The first kappa shape index (κ1) is 18.2. The average Bonchev–Trinajstić information content (AvgIpc) is 3.02. The Balaban J connectivity index is 0.00000208. The Hall–Kier alpha value is -2.14. The molecule has 0 saturated carbocycles. The van der Waals surface area contributed by atoms with Crippen molar-refractivity contribution in [2.24, 2.45) is 0 Å². The van der Waals surface area contributed by atoms with Gasteiger partial charge in [0.2, 0.25) is 0 Å². The summed E-state index contributed by atoms with van der Waals surface area (Å²) in [5.41, 5.74) is 2.88. The molecule has 1 heterocycles. The van der Waals surface area contributed by atoms with Gasteiger partial charge in [0.15, 0.2) is 0 Å². The topological polar surface area (TPSA) is 32.3 Å². The number of anilines is 1. The summed E-state index contributed by atoms with van der Waals surface area (Å²) in [5, 5.41) is 3.24. The quantitative estimate of drug-likeness (QED) is 0.898. The van der Waals surface area contributed by atoms with Gasteiger partial charge in [-0.1, -0.05) is 0 Å². The zero-order valence-electron chi connectivity index (χ0n) is 13.5. The molecule has 1 N–H and O–H groups in total. The van der Waals surface area contributed by atoms with Gasteiger partial charge in [0, 0.05) is 30.4 Å². The number of fused-ring (bicyclic) bond motifs is 1. The lowest BCUT2D eigenvalue weighted by Crippen LogP contribution is -2.30. The van der Waals surface area contributed by atoms with Crippen LogP contribution in [-0.4, -0.2) is 24.4 Å². The molecule has 128 valence electrons. The van der Waals surface area contributed by atoms with E-state index >= 15 is 0 Å². The summed E-state index contributed by atoms with van der Waals surface area (Å²) in [4.78, 5) is 14.1. The first-order valence-electron chi connectivity index (χ1n) is 7.56. The van der Waals surface area contributed by atoms with Crippen LogP contribution in [0.5, 0.6) is 0 Å². The third-order valence-corrected chi connectivity index (χ3v) is 4.37. The second kappa shape index (κ2) is 7.18. The maximum atomic E-state index is 13.9. The fourth-order valence-corrected chi connectivity index (χ4v) is 2.86. The van der Waals surface area contributed by atoms with Crippen LogP contribution in [0.25, 0.3) is 0 Å². The minimum absolute atomic E-state index is 0. The molecule has 2 aromatic carbocycles. The molecule has 3 rings (SSSR count). The van der Waals surface area contributed by atoms with Crippen LogP contribution in [0.2, 0.25) is 0 Å². The van der Waals surface area contributed by atoms with E-state index < -0.39 is 17.7 Å². The predicted molar refractivity (Wildman–Crippen MR) is 92.8 cm³/mol. The average molecular weight is 353 g/mol. The minimum Gasteiger partial charge on any atom is -0.384 e. The van der Waals surface area contributed by atoms with Gasteiger partial charge >= 0.3 is 0 Å². The highest BCUT2D eigenvalue weighted by atomic mass is 35.5. The first-order chi connectivity index (χ1) is 11.0. The number of carbonyl (C=O) groups is 1. The van der Waals surface area contributed by atoms with Crippen LogP contribution in [0.15, 0.2) is 36.4 Å². The second-order valence-electron chi connectivity index (χ2n) is 5.81. The number of benzene rings is 2. The number of amides is 1. The van der Waals surface area contributed by atoms with E-state index in [4.69, 9.17) is 0 Å². The molecule has 0 radical (unpaired) electrons. The lowest BCUT2D eigenvalue weighted by atomic mass is 10.0. The number of rotatable bonds is 3. The zero-order chi connectivity index (χ0) is 16.6. The van der Waals surface area contributed by atoms with E-state index in [1.54, 1.807) is 20.0 Å². The van der Waals surface area contributed by atoms with Crippen LogP contribution < -0.4 is 5.32 Å². The van der Waals surface area contributed by atoms with Crippen molar-refractivity contribution in [2.75, 3.05) is 18.9 Å². The van der Waals surface area contributed by atoms with Gasteiger partial charge in [0.25, 0.3) is 5.91 Å². The molecule has 24 heavy (non-hydrogen) atoms. The van der Waals surface area contributed by atoms with Crippen LogP contribution in [-0.2, 0) is 6.42 Å². The molecule has 3 nitrogen and oxygen atoms in total. The van der Waals surface area contributed by atoms with Crippen molar-refractivity contribution in [3.05, 3.63) is 64.7 Å². The highest BCUT2D eigenvalue weighted by Gasteiger charge is 2.23. The molecule has 0 bridgehead atoms. The van der Waals surface area contributed by atoms with E-state index in [1.807, 2.05) is 12.1 Å². The van der Waals surface area contributed by atoms with E-state index in [0.29, 0.717) is 5.56 Å². The van der Waals surface area contributed by atoms with Crippen LogP contribution in [0, 0.1) is 11.6 Å². The van der Waals surface area contributed by atoms with Crippen LogP contribution in [0.4, 0.5) is 14.5 Å². The standard InChI is InChI=1S/C18H18F2N2O.ClH/c1-11(15-10-14(19)4-5-16(15)20)22(2)18(23)13-3-6-17-12(9-13)7-8-21-17;/h3-6,9-11,21H,7-8H2,1-2H3;1H. The smallest absolute Gasteiger partial charge is 0.254 e. The fourth-order valence-electron chi connectivity index (χ4n) is 2.86. The Bertz CT molecular complexity index is 767. The summed E-state index contributed by atoms with van der Waals surface area (Å²) >= 11 is 0. The largest absolute Gasteiger partial charge is 0.384 e. The van der Waals surface area contributed by atoms with Crippen molar-refractivity contribution in [3.8, 4) is 0 Å². The molecule has 1 amide bonds. The zero-order valence-corrected chi connectivity index (χ0v) is 14.3. The number of halogens is 3. The van der Waals surface area contributed by atoms with Gasteiger partial charge in [-0.25, -0.2) is 8.78 Å². The Labute approximate surface area is 146 Å². The van der Waals surface area contributed by atoms with E-state index in [0.717, 1.165) is 42.4 Å². The van der Waals surface area contributed by atoms with Gasteiger partial charge in [-0.3, -0.25) is 4.79 Å². The number of carbonyl (C=O) groups excluding carboxylic acids is 1. The molecule has 0 aromatic heterocycles. The monoisotopic (exact) mass is 352 g/mol. The van der Waals surface area contributed by atoms with Gasteiger partial charge in [-0.15, -0.1) is 12.4 Å². The van der Waals surface area contributed by atoms with Gasteiger partial charge in [-0.05, 0) is 55.3 Å². The number of hydrogen-bond donors (Lipinski definition) is 1. The molecule has 0 saturated heterocycles. The second-order valence-corrected chi connectivity index (χ2v) is 5.81. The Kier molecular flexibility index (Phi) is 5.44. The van der Waals surface area contributed by atoms with E-state index in [1.165, 1.54) is 4.90 Å². The maximum absolute atomic E-state index is 13.9. The molecular formula is C18H19ClF2N2O. The van der Waals surface area contributed by atoms with Crippen LogP contribution in [0.3, 0.4) is 0 Å². The van der Waals surface area contributed by atoms with Crippen molar-refractivity contribution >= 4 is 24.0 Å². The van der Waals surface area contributed by atoms with E-state index in [-0.39, 0.29) is 23.9 Å². The fraction of sp³-hybridized carbons (Fsp3) is 0.278. The van der Waals surface area contributed by atoms with Crippen molar-refractivity contribution in [1.29, 1.82) is 0 Å². The number of nitrogens with zero attached hydrogens (tertiary/aromatic N) is 1. The SMILES string of the molecule is CC(c1cc(F)ccc1F)N(C)C(=O)c1ccc2c(c1)CCN2.Cl. The van der Waals surface area contributed by atoms with Gasteiger partial charge in [0.05, 0.1) is 6.04 Å². The summed E-state index contributed by atoms with van der Waals surface area (Å²) < 4.78 is 27.3. The molecule has 0 fully saturated rings. The Morgan fingerprint density at radius 2 is 1.96 bits per heavy atom. The Morgan fingerprint density at radius 3 is 2.71 bits per heavy atom. The summed E-state index contributed by atoms with van der Waals surface area (Å²) in [6.07, 6.45) is 0.883. The summed E-state index contributed by atoms with van der Waals surface area (Å²) in [5.74, 6) is -1.25. The lowest BCUT2D eigenvalue weighted by molar-refractivity contribution is 0.0740. The summed E-state index contributed by atoms with van der Waals surface area (Å²) in [6.45, 7) is 2.55. The molecule has 2 aromatic rings. The molecule has 6 heteroatoms. The molecule has 0 spiro atoms. The molecular weight excluding hydrogens is 334 g/mol. The van der Waals surface area contributed by atoms with E-state index in [2.05, 4.69) is 5.32 Å². The molecule has 1 aliphatic rings. The molecule has 1 aliphatic heterocycles. The minimum atomic E-state index is -0.565. The number of hydrogen-bond acceptors (Lipinski definition) is 2. The van der Waals surface area contributed by atoms with Crippen molar-refractivity contribution in [1.82, 2.24) is 4.90 Å². The normalized spacial score (nSPS) is 13.5. The third-order valence-electron chi connectivity index (χ3n) is 4.37. The predicted octanol–water partition coefficient (Wildman–Crippen LogP) is 4.19. The first-order valence-corrected chi connectivity index (χ1v) is 7.56. The molecule has 1 atom stereocenters. The van der Waals surface area contributed by atoms with Crippen molar-refractivity contribution in [3.63, 3.8) is 0 Å². The van der Waals surface area contributed by atoms with Crippen molar-refractivity contribution in [2.45, 2.75) is 19.4 Å². The highest BCUT2D eigenvalue weighted by Crippen LogP contribution is 2.27. The molecule has 0 aliphatic carbocycles. The number of nitrogens with one attached hydrogen (secondary N) is 1. The van der Waals surface area contributed by atoms with Gasteiger partial charge < -0.3 is 10.2 Å². The van der Waals surface area contributed by atoms with Gasteiger partial charge in [0.1, 0.15) is 11.6 Å². The molecule has 1 unspecified atom stereocenters. The highest BCUT2D eigenvalue weighted by molar-refractivity contribution is 5.95. The van der Waals surface area contributed by atoms with Gasteiger partial charge in [-0.2, -0.15) is 0 Å². The maximum Gasteiger partial charge on any atom is 0.254 e. The Morgan fingerprint density at radius 1 is 1.21 bits per heavy atom. The summed E-state index contributed by atoms with van der Waals surface area (Å²) in [6, 6.07) is 8.23. The van der Waals surface area contributed by atoms with E-state index in [9.17, 15) is 13.6 Å². The third kappa shape index (κ3) is 3.36. The van der Waals surface area contributed by atoms with Crippen LogP contribution >= 0.6 is 12.4 Å². The van der Waals surface area contributed by atoms with Crippen LogP contribution in [0.1, 0.15) is 34.5 Å².